The van der Waals surface area contributed by atoms with E-state index in [1.807, 2.05) is 25.1 Å². The molecule has 2 heterocycles. The molecule has 0 spiro atoms. The van der Waals surface area contributed by atoms with Crippen LogP contribution in [0.3, 0.4) is 0 Å². The fraction of sp³-hybridized carbons (Fsp3) is 0.500. The van der Waals surface area contributed by atoms with Crippen molar-refractivity contribution in [2.75, 3.05) is 26.7 Å². The van der Waals surface area contributed by atoms with Crippen molar-refractivity contribution in [3.63, 3.8) is 0 Å². The Bertz CT molecular complexity index is 700. The molecule has 1 aromatic heterocycles. The SMILES string of the molecule is CCN1CCC(NC(=O)c2c(C)oc3ccc(OC)cc23)CC1. The summed E-state index contributed by atoms with van der Waals surface area (Å²) in [7, 11) is 1.62. The Morgan fingerprint density at radius 2 is 2.13 bits per heavy atom. The lowest BCUT2D eigenvalue weighted by Crippen LogP contribution is -2.44. The van der Waals surface area contributed by atoms with E-state index in [9.17, 15) is 4.79 Å². The van der Waals surface area contributed by atoms with Gasteiger partial charge in [0.2, 0.25) is 0 Å². The molecule has 5 nitrogen and oxygen atoms in total. The number of aryl methyl sites for hydroxylation is 1. The number of fused-ring (bicyclic) bond motifs is 1. The van der Waals surface area contributed by atoms with Crippen molar-refractivity contribution in [3.05, 3.63) is 29.5 Å². The molecule has 0 atom stereocenters. The highest BCUT2D eigenvalue weighted by Crippen LogP contribution is 2.29. The highest BCUT2D eigenvalue weighted by atomic mass is 16.5. The van der Waals surface area contributed by atoms with E-state index in [0.29, 0.717) is 16.9 Å². The van der Waals surface area contributed by atoms with Crippen LogP contribution in [0.25, 0.3) is 11.0 Å². The summed E-state index contributed by atoms with van der Waals surface area (Å²) in [5.74, 6) is 1.32. The van der Waals surface area contributed by atoms with Crippen LogP contribution in [0.4, 0.5) is 0 Å². The lowest BCUT2D eigenvalue weighted by molar-refractivity contribution is 0.0912. The average Bonchev–Trinajstić information content (AvgIpc) is 2.90. The van der Waals surface area contributed by atoms with Gasteiger partial charge in [0, 0.05) is 24.5 Å². The van der Waals surface area contributed by atoms with E-state index < -0.39 is 0 Å². The maximum absolute atomic E-state index is 12.7. The first-order valence-corrected chi connectivity index (χ1v) is 8.22. The first-order valence-electron chi connectivity index (χ1n) is 8.22. The number of methoxy groups -OCH3 is 1. The number of ether oxygens (including phenoxy) is 1. The number of hydrogen-bond acceptors (Lipinski definition) is 4. The lowest BCUT2D eigenvalue weighted by Gasteiger charge is -2.31. The maximum Gasteiger partial charge on any atom is 0.255 e. The van der Waals surface area contributed by atoms with Crippen LogP contribution in [0, 0.1) is 6.92 Å². The third-order valence-corrected chi connectivity index (χ3v) is 4.67. The number of nitrogens with zero attached hydrogens (tertiary/aromatic N) is 1. The number of carbonyl (C=O) groups is 1. The van der Waals surface area contributed by atoms with Gasteiger partial charge in [-0.3, -0.25) is 4.79 Å². The molecular weight excluding hydrogens is 292 g/mol. The molecule has 5 heteroatoms. The van der Waals surface area contributed by atoms with Crippen molar-refractivity contribution < 1.29 is 13.9 Å². The fourth-order valence-corrected chi connectivity index (χ4v) is 3.26. The molecule has 1 N–H and O–H groups in total. The van der Waals surface area contributed by atoms with Crippen molar-refractivity contribution in [2.45, 2.75) is 32.7 Å². The van der Waals surface area contributed by atoms with Gasteiger partial charge in [-0.15, -0.1) is 0 Å². The molecule has 0 aliphatic carbocycles. The number of rotatable bonds is 4. The molecule has 1 saturated heterocycles. The van der Waals surface area contributed by atoms with E-state index in [1.165, 1.54) is 0 Å². The van der Waals surface area contributed by atoms with Crippen molar-refractivity contribution in [2.24, 2.45) is 0 Å². The zero-order chi connectivity index (χ0) is 16.4. The van der Waals surface area contributed by atoms with Crippen LogP contribution < -0.4 is 10.1 Å². The van der Waals surface area contributed by atoms with Gasteiger partial charge in [-0.2, -0.15) is 0 Å². The molecule has 23 heavy (non-hydrogen) atoms. The molecule has 0 unspecified atom stereocenters. The van der Waals surface area contributed by atoms with Gasteiger partial charge in [-0.25, -0.2) is 0 Å². The summed E-state index contributed by atoms with van der Waals surface area (Å²) < 4.78 is 11.0. The van der Waals surface area contributed by atoms with Gasteiger partial charge in [-0.05, 0) is 44.5 Å². The summed E-state index contributed by atoms with van der Waals surface area (Å²) >= 11 is 0. The molecule has 0 radical (unpaired) electrons. The second-order valence-electron chi connectivity index (χ2n) is 6.08. The third kappa shape index (κ3) is 3.20. The summed E-state index contributed by atoms with van der Waals surface area (Å²) in [6.45, 7) is 7.17. The highest BCUT2D eigenvalue weighted by molar-refractivity contribution is 6.07. The second-order valence-corrected chi connectivity index (χ2v) is 6.08. The summed E-state index contributed by atoms with van der Waals surface area (Å²) in [6.07, 6.45) is 2.00. The van der Waals surface area contributed by atoms with E-state index >= 15 is 0 Å². The minimum atomic E-state index is -0.0514. The molecule has 1 amide bonds. The first-order chi connectivity index (χ1) is 11.1. The Morgan fingerprint density at radius 3 is 2.78 bits per heavy atom. The number of amides is 1. The van der Waals surface area contributed by atoms with Crippen LogP contribution in [0.1, 0.15) is 35.9 Å². The molecule has 1 fully saturated rings. The van der Waals surface area contributed by atoms with Gasteiger partial charge >= 0.3 is 0 Å². The van der Waals surface area contributed by atoms with E-state index in [2.05, 4.69) is 17.1 Å². The summed E-state index contributed by atoms with van der Waals surface area (Å²) in [6, 6.07) is 5.78. The highest BCUT2D eigenvalue weighted by Gasteiger charge is 2.24. The van der Waals surface area contributed by atoms with E-state index in [1.54, 1.807) is 7.11 Å². The molecule has 1 aromatic carbocycles. The largest absolute Gasteiger partial charge is 0.497 e. The number of likely N-dealkylation sites (tertiary alicyclic amines) is 1. The van der Waals surface area contributed by atoms with Gasteiger partial charge in [0.1, 0.15) is 17.1 Å². The van der Waals surface area contributed by atoms with Gasteiger partial charge < -0.3 is 19.4 Å². The predicted molar refractivity (Wildman–Crippen MR) is 90.1 cm³/mol. The van der Waals surface area contributed by atoms with Crippen molar-refractivity contribution >= 4 is 16.9 Å². The molecule has 0 saturated carbocycles. The van der Waals surface area contributed by atoms with Crippen molar-refractivity contribution in [1.29, 1.82) is 0 Å². The number of benzene rings is 1. The molecule has 1 aliphatic rings. The lowest BCUT2D eigenvalue weighted by atomic mass is 10.0. The zero-order valence-corrected chi connectivity index (χ0v) is 14.0. The third-order valence-electron chi connectivity index (χ3n) is 4.67. The van der Waals surface area contributed by atoms with Gasteiger partial charge in [0.05, 0.1) is 12.7 Å². The average molecular weight is 316 g/mol. The van der Waals surface area contributed by atoms with E-state index in [0.717, 1.165) is 43.6 Å². The monoisotopic (exact) mass is 316 g/mol. The Balaban J connectivity index is 1.79. The van der Waals surface area contributed by atoms with Crippen LogP contribution in [-0.4, -0.2) is 43.6 Å². The Morgan fingerprint density at radius 1 is 1.39 bits per heavy atom. The number of furan rings is 1. The first kappa shape index (κ1) is 15.9. The predicted octanol–water partition coefficient (Wildman–Crippen LogP) is 2.96. The second kappa shape index (κ2) is 6.62. The van der Waals surface area contributed by atoms with Gasteiger partial charge in [0.15, 0.2) is 0 Å². The summed E-state index contributed by atoms with van der Waals surface area (Å²) in [5.41, 5.74) is 1.34. The fourth-order valence-electron chi connectivity index (χ4n) is 3.26. The van der Waals surface area contributed by atoms with Crippen LogP contribution >= 0.6 is 0 Å². The minimum absolute atomic E-state index is 0.0514. The Kier molecular flexibility index (Phi) is 4.57. The molecule has 1 aliphatic heterocycles. The van der Waals surface area contributed by atoms with E-state index in [4.69, 9.17) is 9.15 Å². The topological polar surface area (TPSA) is 54.7 Å². The summed E-state index contributed by atoms with van der Waals surface area (Å²) in [5, 5.41) is 3.98. The van der Waals surface area contributed by atoms with Crippen LogP contribution in [-0.2, 0) is 0 Å². The molecule has 0 bridgehead atoms. The van der Waals surface area contributed by atoms with E-state index in [-0.39, 0.29) is 11.9 Å². The van der Waals surface area contributed by atoms with Crippen LogP contribution in [0.5, 0.6) is 5.75 Å². The number of carbonyl (C=O) groups excluding carboxylic acids is 1. The molecule has 124 valence electrons. The van der Waals surface area contributed by atoms with Crippen LogP contribution in [0.2, 0.25) is 0 Å². The zero-order valence-electron chi connectivity index (χ0n) is 14.0. The maximum atomic E-state index is 12.7. The molecular formula is C18H24N2O3. The number of piperidine rings is 1. The standard InChI is InChI=1S/C18H24N2O3/c1-4-20-9-7-13(8-10-20)19-18(21)17-12(2)23-16-6-5-14(22-3)11-15(16)17/h5-6,11,13H,4,7-10H2,1-3H3,(H,19,21). The van der Waals surface area contributed by atoms with Crippen molar-refractivity contribution in [3.8, 4) is 5.75 Å². The molecule has 3 rings (SSSR count). The molecule has 2 aromatic rings. The normalized spacial score (nSPS) is 16.7. The quantitative estimate of drug-likeness (QED) is 0.942. The van der Waals surface area contributed by atoms with Crippen LogP contribution in [0.15, 0.2) is 22.6 Å². The minimum Gasteiger partial charge on any atom is -0.497 e. The Labute approximate surface area is 136 Å². The Hall–Kier alpha value is -2.01. The van der Waals surface area contributed by atoms with Crippen molar-refractivity contribution in [1.82, 2.24) is 10.2 Å². The number of nitrogens with one attached hydrogen (secondary N) is 1. The number of hydrogen-bond donors (Lipinski definition) is 1. The summed E-state index contributed by atoms with van der Waals surface area (Å²) in [4.78, 5) is 15.1. The van der Waals surface area contributed by atoms with Gasteiger partial charge in [-0.1, -0.05) is 6.92 Å². The van der Waals surface area contributed by atoms with Gasteiger partial charge in [0.25, 0.3) is 5.91 Å². The smallest absolute Gasteiger partial charge is 0.255 e.